The van der Waals surface area contributed by atoms with Gasteiger partial charge in [-0.1, -0.05) is 19.3 Å². The van der Waals surface area contributed by atoms with Crippen molar-refractivity contribution in [2.45, 2.75) is 44.7 Å². The second-order valence-electron chi connectivity index (χ2n) is 5.60. The van der Waals surface area contributed by atoms with Crippen molar-refractivity contribution < 1.29 is 4.79 Å². The van der Waals surface area contributed by atoms with Crippen LogP contribution in [0.2, 0.25) is 0 Å². The van der Waals surface area contributed by atoms with Crippen LogP contribution in [0, 0.1) is 0 Å². The minimum atomic E-state index is -0.424. The van der Waals surface area contributed by atoms with Crippen molar-refractivity contribution in [1.29, 1.82) is 0 Å². The summed E-state index contributed by atoms with van der Waals surface area (Å²) in [6.07, 6.45) is 6.43. The average Bonchev–Trinajstić information content (AvgIpc) is 2.44. The van der Waals surface area contributed by atoms with Crippen molar-refractivity contribution >= 4 is 27.5 Å². The van der Waals surface area contributed by atoms with Gasteiger partial charge in [0.2, 0.25) is 5.91 Å². The highest BCUT2D eigenvalue weighted by molar-refractivity contribution is 9.10. The first-order chi connectivity index (χ1) is 9.49. The van der Waals surface area contributed by atoms with Gasteiger partial charge in [-0.05, 0) is 53.5 Å². The number of carbonyl (C=O) groups is 1. The number of nitrogens with zero attached hydrogens (tertiary/aromatic N) is 1. The third-order valence-electron chi connectivity index (χ3n) is 4.12. The normalized spacial score (nSPS) is 16.6. The number of halogens is 1. The van der Waals surface area contributed by atoms with Gasteiger partial charge in [0.05, 0.1) is 5.69 Å². The van der Waals surface area contributed by atoms with Gasteiger partial charge < -0.3 is 11.5 Å². The number of primary amides is 1. The Hall–Kier alpha value is -1.07. The molecule has 2 rings (SSSR count). The number of carbonyl (C=O) groups excluding carboxylic acids is 1. The molecule has 1 saturated carbocycles. The van der Waals surface area contributed by atoms with Gasteiger partial charge in [-0.25, -0.2) is 0 Å². The van der Waals surface area contributed by atoms with Crippen LogP contribution in [-0.4, -0.2) is 23.9 Å². The lowest BCUT2D eigenvalue weighted by Gasteiger charge is -2.31. The molecule has 1 amide bonds. The fourth-order valence-corrected chi connectivity index (χ4v) is 3.37. The fourth-order valence-electron chi connectivity index (χ4n) is 2.87. The molecule has 5 heteroatoms. The Morgan fingerprint density at radius 1 is 1.35 bits per heavy atom. The van der Waals surface area contributed by atoms with Crippen LogP contribution in [0.4, 0.5) is 5.69 Å². The first-order valence-electron chi connectivity index (χ1n) is 7.07. The van der Waals surface area contributed by atoms with E-state index in [0.29, 0.717) is 17.3 Å². The number of nitrogen functional groups attached to an aromatic ring is 1. The molecule has 0 unspecified atom stereocenters. The van der Waals surface area contributed by atoms with Gasteiger partial charge in [0.1, 0.15) is 0 Å². The molecule has 1 aliphatic carbocycles. The minimum Gasteiger partial charge on any atom is -0.398 e. The SMILES string of the molecule is CN(Cc1cc(C(N)=O)cc(Br)c1N)C1CCCCC1. The topological polar surface area (TPSA) is 72.3 Å². The molecule has 1 aliphatic rings. The van der Waals surface area contributed by atoms with Gasteiger partial charge in [-0.3, -0.25) is 9.69 Å². The lowest BCUT2D eigenvalue weighted by molar-refractivity contribution is 0.1000. The van der Waals surface area contributed by atoms with E-state index >= 15 is 0 Å². The van der Waals surface area contributed by atoms with E-state index in [0.717, 1.165) is 16.6 Å². The molecule has 1 aromatic carbocycles. The van der Waals surface area contributed by atoms with Crippen LogP contribution in [0.1, 0.15) is 48.0 Å². The Morgan fingerprint density at radius 2 is 2.00 bits per heavy atom. The molecular formula is C15H22BrN3O. The zero-order valence-corrected chi connectivity index (χ0v) is 13.4. The predicted octanol–water partition coefficient (Wildman–Crippen LogP) is 2.89. The number of hydrogen-bond acceptors (Lipinski definition) is 3. The Morgan fingerprint density at radius 3 is 2.60 bits per heavy atom. The quantitative estimate of drug-likeness (QED) is 0.828. The molecule has 20 heavy (non-hydrogen) atoms. The summed E-state index contributed by atoms with van der Waals surface area (Å²) in [5.41, 5.74) is 13.6. The van der Waals surface area contributed by atoms with Crippen molar-refractivity contribution in [2.75, 3.05) is 12.8 Å². The van der Waals surface area contributed by atoms with E-state index in [2.05, 4.69) is 27.9 Å². The zero-order chi connectivity index (χ0) is 14.7. The number of hydrogen-bond donors (Lipinski definition) is 2. The molecule has 0 radical (unpaired) electrons. The summed E-state index contributed by atoms with van der Waals surface area (Å²) in [6.45, 7) is 0.746. The maximum Gasteiger partial charge on any atom is 0.248 e. The highest BCUT2D eigenvalue weighted by Crippen LogP contribution is 2.28. The predicted molar refractivity (Wildman–Crippen MR) is 85.4 cm³/mol. The minimum absolute atomic E-state index is 0.424. The van der Waals surface area contributed by atoms with E-state index in [1.165, 1.54) is 32.1 Å². The largest absolute Gasteiger partial charge is 0.398 e. The molecule has 4 N–H and O–H groups in total. The first-order valence-corrected chi connectivity index (χ1v) is 7.86. The molecular weight excluding hydrogens is 318 g/mol. The molecule has 4 nitrogen and oxygen atoms in total. The number of rotatable bonds is 4. The van der Waals surface area contributed by atoms with Gasteiger partial charge in [0.15, 0.2) is 0 Å². The van der Waals surface area contributed by atoms with E-state index in [-0.39, 0.29) is 0 Å². The summed E-state index contributed by atoms with van der Waals surface area (Å²) in [5.74, 6) is -0.424. The zero-order valence-electron chi connectivity index (χ0n) is 11.9. The van der Waals surface area contributed by atoms with E-state index in [1.54, 1.807) is 6.07 Å². The van der Waals surface area contributed by atoms with E-state index < -0.39 is 5.91 Å². The summed E-state index contributed by atoms with van der Waals surface area (Å²) in [6, 6.07) is 4.10. The van der Waals surface area contributed by atoms with Crippen LogP contribution in [0.3, 0.4) is 0 Å². The summed E-state index contributed by atoms with van der Waals surface area (Å²) < 4.78 is 0.737. The summed E-state index contributed by atoms with van der Waals surface area (Å²) >= 11 is 3.40. The van der Waals surface area contributed by atoms with Gasteiger partial charge >= 0.3 is 0 Å². The third kappa shape index (κ3) is 3.52. The first kappa shape index (κ1) is 15.3. The number of nitrogens with two attached hydrogens (primary N) is 2. The van der Waals surface area contributed by atoms with Crippen molar-refractivity contribution in [3.05, 3.63) is 27.7 Å². The monoisotopic (exact) mass is 339 g/mol. The highest BCUT2D eigenvalue weighted by Gasteiger charge is 2.19. The number of benzene rings is 1. The van der Waals surface area contributed by atoms with Crippen molar-refractivity contribution in [1.82, 2.24) is 4.90 Å². The number of anilines is 1. The van der Waals surface area contributed by atoms with Gasteiger partial charge in [0, 0.05) is 22.6 Å². The Kier molecular flexibility index (Phi) is 5.05. The lowest BCUT2D eigenvalue weighted by atomic mass is 9.94. The maximum absolute atomic E-state index is 11.4. The molecule has 0 aromatic heterocycles. The molecule has 1 fully saturated rings. The van der Waals surface area contributed by atoms with Crippen LogP contribution in [-0.2, 0) is 6.54 Å². The Balaban J connectivity index is 2.17. The van der Waals surface area contributed by atoms with Crippen LogP contribution in [0.25, 0.3) is 0 Å². The van der Waals surface area contributed by atoms with Crippen molar-refractivity contribution in [2.24, 2.45) is 5.73 Å². The number of amides is 1. The molecule has 0 spiro atoms. The molecule has 0 atom stereocenters. The van der Waals surface area contributed by atoms with Gasteiger partial charge in [0.25, 0.3) is 0 Å². The van der Waals surface area contributed by atoms with E-state index in [9.17, 15) is 4.79 Å². The van der Waals surface area contributed by atoms with Crippen LogP contribution < -0.4 is 11.5 Å². The second kappa shape index (κ2) is 6.59. The average molecular weight is 340 g/mol. The summed E-state index contributed by atoms with van der Waals surface area (Å²) in [5, 5.41) is 0. The summed E-state index contributed by atoms with van der Waals surface area (Å²) in [4.78, 5) is 13.7. The molecule has 0 saturated heterocycles. The van der Waals surface area contributed by atoms with Gasteiger partial charge in [-0.15, -0.1) is 0 Å². The standard InChI is InChI=1S/C15H22BrN3O/c1-19(12-5-3-2-4-6-12)9-11-7-10(15(18)20)8-13(16)14(11)17/h7-8,12H,2-6,9,17H2,1H3,(H2,18,20). The third-order valence-corrected chi connectivity index (χ3v) is 4.77. The fraction of sp³-hybridized carbons (Fsp3) is 0.533. The van der Waals surface area contributed by atoms with Crippen LogP contribution in [0.5, 0.6) is 0 Å². The van der Waals surface area contributed by atoms with Crippen molar-refractivity contribution in [3.8, 4) is 0 Å². The molecule has 0 aliphatic heterocycles. The maximum atomic E-state index is 11.4. The summed E-state index contributed by atoms with van der Waals surface area (Å²) in [7, 11) is 2.13. The second-order valence-corrected chi connectivity index (χ2v) is 6.46. The Bertz CT molecular complexity index is 498. The smallest absolute Gasteiger partial charge is 0.248 e. The van der Waals surface area contributed by atoms with Crippen LogP contribution >= 0.6 is 15.9 Å². The Labute approximate surface area is 128 Å². The van der Waals surface area contributed by atoms with E-state index in [1.807, 2.05) is 6.07 Å². The molecule has 1 aromatic rings. The molecule has 0 bridgehead atoms. The highest BCUT2D eigenvalue weighted by atomic mass is 79.9. The van der Waals surface area contributed by atoms with Gasteiger partial charge in [-0.2, -0.15) is 0 Å². The lowest BCUT2D eigenvalue weighted by Crippen LogP contribution is -2.33. The van der Waals surface area contributed by atoms with Crippen LogP contribution in [0.15, 0.2) is 16.6 Å². The molecule has 0 heterocycles. The van der Waals surface area contributed by atoms with E-state index in [4.69, 9.17) is 11.5 Å². The van der Waals surface area contributed by atoms with Crippen molar-refractivity contribution in [3.63, 3.8) is 0 Å². The molecule has 110 valence electrons.